The maximum atomic E-state index is 12.1. The van der Waals surface area contributed by atoms with Crippen molar-refractivity contribution in [1.82, 2.24) is 10.2 Å². The molecule has 5 heteroatoms. The minimum atomic E-state index is -0.00609. The first-order valence-electron chi connectivity index (χ1n) is 8.38. The lowest BCUT2D eigenvalue weighted by atomic mass is 10.1. The van der Waals surface area contributed by atoms with Crippen molar-refractivity contribution < 1.29 is 9.53 Å². The van der Waals surface area contributed by atoms with E-state index in [1.807, 2.05) is 23.6 Å². The Hall–Kier alpha value is -1.69. The van der Waals surface area contributed by atoms with Crippen LogP contribution in [0.5, 0.6) is 0 Å². The van der Waals surface area contributed by atoms with Gasteiger partial charge in [-0.05, 0) is 36.4 Å². The molecule has 1 aliphatic rings. The molecule has 0 aliphatic carbocycles. The first-order chi connectivity index (χ1) is 11.6. The number of nitrogens with one attached hydrogen (secondary N) is 1. The normalized spacial score (nSPS) is 21.6. The third-order valence-electron chi connectivity index (χ3n) is 4.19. The second kappa shape index (κ2) is 7.92. The van der Waals surface area contributed by atoms with Crippen LogP contribution in [-0.4, -0.2) is 36.1 Å². The summed E-state index contributed by atoms with van der Waals surface area (Å²) in [6.45, 7) is 7.58. The molecule has 0 bridgehead atoms. The van der Waals surface area contributed by atoms with Gasteiger partial charge in [-0.1, -0.05) is 30.3 Å². The minimum Gasteiger partial charge on any atom is -0.373 e. The molecule has 4 nitrogen and oxygen atoms in total. The maximum Gasteiger partial charge on any atom is 0.261 e. The Morgan fingerprint density at radius 1 is 1.17 bits per heavy atom. The quantitative estimate of drug-likeness (QED) is 0.905. The fourth-order valence-corrected chi connectivity index (χ4v) is 3.85. The molecular formula is C19H24N2O2S. The molecule has 1 saturated heterocycles. The summed E-state index contributed by atoms with van der Waals surface area (Å²) in [6.07, 6.45) is 0.527. The predicted octanol–water partition coefficient (Wildman–Crippen LogP) is 3.29. The van der Waals surface area contributed by atoms with E-state index in [2.05, 4.69) is 42.3 Å². The van der Waals surface area contributed by atoms with Crippen LogP contribution in [0, 0.1) is 0 Å². The zero-order valence-corrected chi connectivity index (χ0v) is 15.0. The van der Waals surface area contributed by atoms with Gasteiger partial charge in [0.15, 0.2) is 0 Å². The highest BCUT2D eigenvalue weighted by Crippen LogP contribution is 2.17. The van der Waals surface area contributed by atoms with E-state index >= 15 is 0 Å². The van der Waals surface area contributed by atoms with Crippen molar-refractivity contribution in [3.05, 3.63) is 57.8 Å². The maximum absolute atomic E-state index is 12.1. The molecular weight excluding hydrogens is 320 g/mol. The van der Waals surface area contributed by atoms with Crippen molar-refractivity contribution in [2.24, 2.45) is 0 Å². The van der Waals surface area contributed by atoms with Crippen LogP contribution >= 0.6 is 11.3 Å². The highest BCUT2D eigenvalue weighted by atomic mass is 32.1. The van der Waals surface area contributed by atoms with Crippen molar-refractivity contribution in [2.45, 2.75) is 39.1 Å². The molecule has 2 unspecified atom stereocenters. The van der Waals surface area contributed by atoms with E-state index in [1.165, 1.54) is 22.5 Å². The lowest BCUT2D eigenvalue weighted by Gasteiger charge is -2.35. The van der Waals surface area contributed by atoms with Gasteiger partial charge in [0.25, 0.3) is 5.91 Å². The number of carbonyl (C=O) groups is 1. The molecule has 2 aromatic rings. The van der Waals surface area contributed by atoms with Crippen molar-refractivity contribution in [3.63, 3.8) is 0 Å². The standard InChI is InChI=1S/C19H24N2O2S/c1-14-11-21(12-15(2)23-14)13-17-7-4-3-6-16(17)10-20-19(22)18-8-5-9-24-18/h3-9,14-15H,10-13H2,1-2H3,(H,20,22). The van der Waals surface area contributed by atoms with Crippen molar-refractivity contribution in [3.8, 4) is 0 Å². The topological polar surface area (TPSA) is 41.6 Å². The Morgan fingerprint density at radius 2 is 1.88 bits per heavy atom. The average molecular weight is 344 g/mol. The number of carbonyl (C=O) groups excluding carboxylic acids is 1. The summed E-state index contributed by atoms with van der Waals surface area (Å²) < 4.78 is 5.81. The van der Waals surface area contributed by atoms with Gasteiger partial charge in [0.1, 0.15) is 0 Å². The molecule has 1 N–H and O–H groups in total. The predicted molar refractivity (Wildman–Crippen MR) is 97.2 cm³/mol. The Labute approximate surface area is 147 Å². The highest BCUT2D eigenvalue weighted by Gasteiger charge is 2.22. The Bertz CT molecular complexity index is 662. The fraction of sp³-hybridized carbons (Fsp3) is 0.421. The molecule has 1 aromatic carbocycles. The summed E-state index contributed by atoms with van der Waals surface area (Å²) >= 11 is 1.47. The number of benzene rings is 1. The molecule has 128 valence electrons. The van der Waals surface area contributed by atoms with Gasteiger partial charge >= 0.3 is 0 Å². The van der Waals surface area contributed by atoms with Gasteiger partial charge in [0, 0.05) is 26.2 Å². The van der Waals surface area contributed by atoms with E-state index in [0.717, 1.165) is 24.5 Å². The number of thiophene rings is 1. The zero-order chi connectivity index (χ0) is 16.9. The molecule has 3 rings (SSSR count). The monoisotopic (exact) mass is 344 g/mol. The molecule has 1 aromatic heterocycles. The van der Waals surface area contributed by atoms with Crippen molar-refractivity contribution in [2.75, 3.05) is 13.1 Å². The number of nitrogens with zero attached hydrogens (tertiary/aromatic N) is 1. The zero-order valence-electron chi connectivity index (χ0n) is 14.2. The molecule has 1 aliphatic heterocycles. The van der Waals surface area contributed by atoms with E-state index in [9.17, 15) is 4.79 Å². The molecule has 24 heavy (non-hydrogen) atoms. The second-order valence-corrected chi connectivity index (χ2v) is 7.33. The third-order valence-corrected chi connectivity index (χ3v) is 5.06. The van der Waals surface area contributed by atoms with Gasteiger partial charge in [-0.25, -0.2) is 0 Å². The number of ether oxygens (including phenoxy) is 1. The Morgan fingerprint density at radius 3 is 2.54 bits per heavy atom. The summed E-state index contributed by atoms with van der Waals surface area (Å²) in [6, 6.07) is 12.1. The van der Waals surface area contributed by atoms with E-state index < -0.39 is 0 Å². The largest absolute Gasteiger partial charge is 0.373 e. The van der Waals surface area contributed by atoms with Gasteiger partial charge in [-0.2, -0.15) is 0 Å². The summed E-state index contributed by atoms with van der Waals surface area (Å²) in [5.74, 6) is -0.00609. The lowest BCUT2D eigenvalue weighted by molar-refractivity contribution is -0.0705. The van der Waals surface area contributed by atoms with Crippen LogP contribution in [0.2, 0.25) is 0 Å². The number of rotatable bonds is 5. The van der Waals surface area contributed by atoms with E-state index in [1.54, 1.807) is 0 Å². The van der Waals surface area contributed by atoms with Gasteiger partial charge in [0.05, 0.1) is 17.1 Å². The van der Waals surface area contributed by atoms with Crippen LogP contribution in [0.4, 0.5) is 0 Å². The first-order valence-corrected chi connectivity index (χ1v) is 9.26. The third kappa shape index (κ3) is 4.44. The van der Waals surface area contributed by atoms with Crippen LogP contribution in [0.3, 0.4) is 0 Å². The number of hydrogen-bond donors (Lipinski definition) is 1. The summed E-state index contributed by atoms with van der Waals surface area (Å²) in [5, 5.41) is 4.95. The lowest BCUT2D eigenvalue weighted by Crippen LogP contribution is -2.45. The fourth-order valence-electron chi connectivity index (χ4n) is 3.21. The number of amides is 1. The highest BCUT2D eigenvalue weighted by molar-refractivity contribution is 7.12. The Balaban J connectivity index is 1.63. The number of hydrogen-bond acceptors (Lipinski definition) is 4. The van der Waals surface area contributed by atoms with Crippen LogP contribution in [-0.2, 0) is 17.8 Å². The molecule has 1 fully saturated rings. The van der Waals surface area contributed by atoms with E-state index in [0.29, 0.717) is 6.54 Å². The summed E-state index contributed by atoms with van der Waals surface area (Å²) in [4.78, 5) is 15.3. The smallest absolute Gasteiger partial charge is 0.261 e. The molecule has 0 spiro atoms. The molecule has 2 heterocycles. The summed E-state index contributed by atoms with van der Waals surface area (Å²) in [7, 11) is 0. The number of morpholine rings is 1. The van der Waals surface area contributed by atoms with E-state index in [-0.39, 0.29) is 18.1 Å². The molecule has 1 amide bonds. The van der Waals surface area contributed by atoms with E-state index in [4.69, 9.17) is 4.74 Å². The molecule has 0 saturated carbocycles. The van der Waals surface area contributed by atoms with Crippen LogP contribution in [0.15, 0.2) is 41.8 Å². The Kier molecular flexibility index (Phi) is 5.66. The second-order valence-electron chi connectivity index (χ2n) is 6.38. The van der Waals surface area contributed by atoms with Gasteiger partial charge < -0.3 is 10.1 Å². The van der Waals surface area contributed by atoms with Crippen molar-refractivity contribution in [1.29, 1.82) is 0 Å². The van der Waals surface area contributed by atoms with Crippen LogP contribution in [0.25, 0.3) is 0 Å². The van der Waals surface area contributed by atoms with Crippen LogP contribution in [0.1, 0.15) is 34.6 Å². The van der Waals surface area contributed by atoms with Crippen LogP contribution < -0.4 is 5.32 Å². The minimum absolute atomic E-state index is 0.00609. The van der Waals surface area contributed by atoms with Gasteiger partial charge in [0.2, 0.25) is 0 Å². The first kappa shape index (κ1) is 17.1. The summed E-state index contributed by atoms with van der Waals surface area (Å²) in [5.41, 5.74) is 2.44. The average Bonchev–Trinajstić information content (AvgIpc) is 3.07. The van der Waals surface area contributed by atoms with Gasteiger partial charge in [-0.3, -0.25) is 9.69 Å². The SMILES string of the molecule is CC1CN(Cc2ccccc2CNC(=O)c2cccs2)CC(C)O1. The van der Waals surface area contributed by atoms with Crippen molar-refractivity contribution >= 4 is 17.2 Å². The molecule has 2 atom stereocenters. The molecule has 0 radical (unpaired) electrons. The van der Waals surface area contributed by atoms with Gasteiger partial charge in [-0.15, -0.1) is 11.3 Å².